The van der Waals surface area contributed by atoms with Gasteiger partial charge in [-0.1, -0.05) is 50.1 Å². The van der Waals surface area contributed by atoms with Crippen LogP contribution in [0.3, 0.4) is 0 Å². The van der Waals surface area contributed by atoms with Crippen molar-refractivity contribution in [3.05, 3.63) is 76.6 Å². The summed E-state index contributed by atoms with van der Waals surface area (Å²) >= 11 is 0. The van der Waals surface area contributed by atoms with E-state index in [0.29, 0.717) is 12.5 Å². The van der Waals surface area contributed by atoms with Crippen LogP contribution >= 0.6 is 0 Å². The number of rotatable bonds is 8. The van der Waals surface area contributed by atoms with E-state index in [4.69, 9.17) is 4.74 Å². The summed E-state index contributed by atoms with van der Waals surface area (Å²) in [5.74, 6) is 2.68. The van der Waals surface area contributed by atoms with Crippen LogP contribution in [0.4, 0.5) is 4.39 Å². The number of hydrogen-bond donors (Lipinski definition) is 0. The van der Waals surface area contributed by atoms with Crippen molar-refractivity contribution in [1.82, 2.24) is 0 Å². The molecule has 2 aromatic rings. The molecule has 0 heterocycles. The summed E-state index contributed by atoms with van der Waals surface area (Å²) in [6, 6.07) is 12.6. The van der Waals surface area contributed by atoms with Gasteiger partial charge in [-0.2, -0.15) is 0 Å². The molecule has 2 aliphatic carbocycles. The van der Waals surface area contributed by atoms with Crippen molar-refractivity contribution >= 4 is 0 Å². The number of ether oxygens (including phenoxy) is 1. The van der Waals surface area contributed by atoms with Gasteiger partial charge in [0.15, 0.2) is 0 Å². The molecule has 1 saturated carbocycles. The molecule has 2 aliphatic rings. The highest BCUT2D eigenvalue weighted by Gasteiger charge is 2.26. The Bertz CT molecular complexity index is 907. The first-order valence-corrected chi connectivity index (χ1v) is 12.8. The van der Waals surface area contributed by atoms with Crippen molar-refractivity contribution in [3.8, 4) is 5.75 Å². The van der Waals surface area contributed by atoms with E-state index >= 15 is 4.39 Å². The van der Waals surface area contributed by atoms with E-state index in [2.05, 4.69) is 49.4 Å². The minimum Gasteiger partial charge on any atom is -0.493 e. The van der Waals surface area contributed by atoms with Crippen LogP contribution in [0.25, 0.3) is 0 Å². The summed E-state index contributed by atoms with van der Waals surface area (Å²) in [7, 11) is 0. The molecule has 0 spiro atoms. The van der Waals surface area contributed by atoms with E-state index in [1.165, 1.54) is 55.2 Å². The third-order valence-electron chi connectivity index (χ3n) is 7.67. The fourth-order valence-corrected chi connectivity index (χ4v) is 5.82. The fraction of sp³-hybridized carbons (Fsp3) is 0.533. The molecule has 32 heavy (non-hydrogen) atoms. The maximum atomic E-state index is 15.2. The predicted molar refractivity (Wildman–Crippen MR) is 132 cm³/mol. The van der Waals surface area contributed by atoms with Crippen molar-refractivity contribution in [2.75, 3.05) is 6.61 Å². The zero-order chi connectivity index (χ0) is 22.3. The predicted octanol–water partition coefficient (Wildman–Crippen LogP) is 8.52. The van der Waals surface area contributed by atoms with E-state index in [1.807, 2.05) is 13.0 Å². The minimum atomic E-state index is 0.00978. The molecule has 2 heteroatoms. The minimum absolute atomic E-state index is 0.00978. The lowest BCUT2D eigenvalue weighted by molar-refractivity contribution is 0.308. The normalized spacial score (nSPS) is 23.3. The quantitative estimate of drug-likeness (QED) is 0.299. The summed E-state index contributed by atoms with van der Waals surface area (Å²) in [6.07, 6.45) is 15.7. The van der Waals surface area contributed by atoms with E-state index in [9.17, 15) is 0 Å². The van der Waals surface area contributed by atoms with Crippen LogP contribution in [0.2, 0.25) is 0 Å². The third-order valence-corrected chi connectivity index (χ3v) is 7.67. The van der Waals surface area contributed by atoms with Gasteiger partial charge in [-0.3, -0.25) is 0 Å². The first-order valence-electron chi connectivity index (χ1n) is 12.8. The Morgan fingerprint density at radius 3 is 2.56 bits per heavy atom. The number of aryl methyl sites for hydroxylation is 1. The van der Waals surface area contributed by atoms with E-state index < -0.39 is 0 Å². The highest BCUT2D eigenvalue weighted by molar-refractivity contribution is 5.40. The number of benzene rings is 2. The van der Waals surface area contributed by atoms with Gasteiger partial charge in [0.2, 0.25) is 0 Å². The van der Waals surface area contributed by atoms with Crippen LogP contribution in [0, 0.1) is 11.7 Å². The topological polar surface area (TPSA) is 9.23 Å². The van der Waals surface area contributed by atoms with Crippen molar-refractivity contribution < 1.29 is 9.13 Å². The Balaban J connectivity index is 1.38. The van der Waals surface area contributed by atoms with Crippen LogP contribution in [0.5, 0.6) is 5.75 Å². The fourth-order valence-electron chi connectivity index (χ4n) is 5.82. The van der Waals surface area contributed by atoms with Crippen LogP contribution in [-0.2, 0) is 12.8 Å². The molecule has 0 bridgehead atoms. The lowest BCUT2D eigenvalue weighted by atomic mass is 9.76. The van der Waals surface area contributed by atoms with Gasteiger partial charge in [0.1, 0.15) is 11.6 Å². The van der Waals surface area contributed by atoms with E-state index in [1.54, 1.807) is 0 Å². The maximum absolute atomic E-state index is 15.2. The Labute approximate surface area is 194 Å². The first-order chi connectivity index (χ1) is 15.7. The lowest BCUT2D eigenvalue weighted by Gasteiger charge is -2.29. The van der Waals surface area contributed by atoms with Crippen molar-refractivity contribution in [2.45, 2.75) is 89.9 Å². The van der Waals surface area contributed by atoms with Crippen molar-refractivity contribution in [2.24, 2.45) is 5.92 Å². The molecule has 0 aliphatic heterocycles. The summed E-state index contributed by atoms with van der Waals surface area (Å²) < 4.78 is 21.1. The van der Waals surface area contributed by atoms with Gasteiger partial charge in [-0.05, 0) is 116 Å². The number of allylic oxidation sites excluding steroid dienone is 1. The largest absolute Gasteiger partial charge is 0.493 e. The number of hydrogen-bond acceptors (Lipinski definition) is 1. The number of fused-ring (bicyclic) bond motifs is 1. The van der Waals surface area contributed by atoms with Crippen LogP contribution in [0.1, 0.15) is 99.3 Å². The second kappa shape index (κ2) is 11.2. The molecule has 0 N–H and O–H groups in total. The maximum Gasteiger partial charge on any atom is 0.126 e. The van der Waals surface area contributed by atoms with Gasteiger partial charge >= 0.3 is 0 Å². The molecule has 2 aromatic carbocycles. The molecule has 0 aromatic heterocycles. The molecule has 1 nitrogen and oxygen atoms in total. The monoisotopic (exact) mass is 434 g/mol. The lowest BCUT2D eigenvalue weighted by Crippen LogP contribution is -2.16. The average Bonchev–Trinajstić information content (AvgIpc) is 2.82. The molecular formula is C30H39FO. The Morgan fingerprint density at radius 1 is 0.969 bits per heavy atom. The van der Waals surface area contributed by atoms with Crippen LogP contribution < -0.4 is 4.74 Å². The summed E-state index contributed by atoms with van der Waals surface area (Å²) in [5.41, 5.74) is 4.84. The highest BCUT2D eigenvalue weighted by atomic mass is 19.1. The van der Waals surface area contributed by atoms with Gasteiger partial charge in [0.25, 0.3) is 0 Å². The third kappa shape index (κ3) is 5.63. The van der Waals surface area contributed by atoms with Gasteiger partial charge in [0, 0.05) is 0 Å². The molecule has 1 atom stereocenters. The highest BCUT2D eigenvalue weighted by Crippen LogP contribution is 2.40. The first kappa shape index (κ1) is 23.1. The molecule has 0 amide bonds. The van der Waals surface area contributed by atoms with E-state index in [-0.39, 0.29) is 11.7 Å². The van der Waals surface area contributed by atoms with Gasteiger partial charge in [-0.25, -0.2) is 4.39 Å². The van der Waals surface area contributed by atoms with Crippen LogP contribution in [0.15, 0.2) is 48.6 Å². The standard InChI is InChI=1S/C30H39FO/c1-3-5-6-18-32-28-16-14-24-19-27(13-12-25(24)20-28)29-17-15-26(21-30(29)31)23-10-8-22(7-4-2)9-11-23/h3,5,14-17,20-23,27H,4,6-13,18-19H2,1-2H3. The zero-order valence-electron chi connectivity index (χ0n) is 19.9. The second-order valence-corrected chi connectivity index (χ2v) is 9.86. The van der Waals surface area contributed by atoms with Crippen molar-refractivity contribution in [3.63, 3.8) is 0 Å². The second-order valence-electron chi connectivity index (χ2n) is 9.86. The number of halogens is 1. The molecular weight excluding hydrogens is 395 g/mol. The molecule has 172 valence electrons. The van der Waals surface area contributed by atoms with Crippen LogP contribution in [-0.4, -0.2) is 6.61 Å². The van der Waals surface area contributed by atoms with Gasteiger partial charge in [0.05, 0.1) is 6.61 Å². The van der Waals surface area contributed by atoms with E-state index in [0.717, 1.165) is 42.9 Å². The average molecular weight is 435 g/mol. The molecule has 1 unspecified atom stereocenters. The summed E-state index contributed by atoms with van der Waals surface area (Å²) in [5, 5.41) is 0. The zero-order valence-corrected chi connectivity index (χ0v) is 19.9. The molecule has 0 radical (unpaired) electrons. The Morgan fingerprint density at radius 2 is 1.81 bits per heavy atom. The summed E-state index contributed by atoms with van der Waals surface area (Å²) in [4.78, 5) is 0. The summed E-state index contributed by atoms with van der Waals surface area (Å²) in [6.45, 7) is 5.02. The van der Waals surface area contributed by atoms with Gasteiger partial charge in [-0.15, -0.1) is 0 Å². The molecule has 0 saturated heterocycles. The van der Waals surface area contributed by atoms with Crippen molar-refractivity contribution in [1.29, 1.82) is 0 Å². The molecule has 1 fully saturated rings. The van der Waals surface area contributed by atoms with Gasteiger partial charge < -0.3 is 4.74 Å². The Kier molecular flexibility index (Phi) is 8.05. The molecule has 4 rings (SSSR count). The Hall–Kier alpha value is -2.09. The smallest absolute Gasteiger partial charge is 0.126 e. The SMILES string of the molecule is CC=CCCOc1ccc2c(c1)CCC(c1ccc(C3CCC(CCC)CC3)cc1F)C2.